The summed E-state index contributed by atoms with van der Waals surface area (Å²) in [4.78, 5) is 2.39. The molecule has 1 saturated heterocycles. The lowest BCUT2D eigenvalue weighted by atomic mass is 9.95. The van der Waals surface area contributed by atoms with Gasteiger partial charge in [0.15, 0.2) is 0 Å². The summed E-state index contributed by atoms with van der Waals surface area (Å²) < 4.78 is 28.4. The summed E-state index contributed by atoms with van der Waals surface area (Å²) in [5.41, 5.74) is 7.50. The van der Waals surface area contributed by atoms with Crippen LogP contribution in [-0.2, 0) is 17.1 Å². The Balaban J connectivity index is 0.00000225. The van der Waals surface area contributed by atoms with E-state index in [4.69, 9.17) is 5.73 Å². The molecular weight excluding hydrogens is 362 g/mol. The van der Waals surface area contributed by atoms with Crippen molar-refractivity contribution in [3.63, 3.8) is 0 Å². The smallest absolute Gasteiger partial charge is 0.243 e. The second kappa shape index (κ2) is 8.29. The largest absolute Gasteiger partial charge is 0.326 e. The van der Waals surface area contributed by atoms with Gasteiger partial charge in [0.2, 0.25) is 10.0 Å². The summed E-state index contributed by atoms with van der Waals surface area (Å²) >= 11 is 0. The van der Waals surface area contributed by atoms with Crippen LogP contribution in [0.15, 0.2) is 47.6 Å². The first-order chi connectivity index (χ1) is 11.5. The third-order valence-corrected chi connectivity index (χ3v) is 5.80. The predicted molar refractivity (Wildman–Crippen MR) is 99.2 cm³/mol. The van der Waals surface area contributed by atoms with Crippen LogP contribution in [0.3, 0.4) is 0 Å². The molecule has 2 atom stereocenters. The molecule has 1 fully saturated rings. The van der Waals surface area contributed by atoms with Crippen LogP contribution in [0, 0.1) is 0 Å². The Kier molecular flexibility index (Phi) is 6.59. The van der Waals surface area contributed by atoms with E-state index in [1.54, 1.807) is 7.05 Å². The zero-order valence-electron chi connectivity index (χ0n) is 14.1. The predicted octanol–water partition coefficient (Wildman–Crippen LogP) is 0.547. The Morgan fingerprint density at radius 2 is 2.00 bits per heavy atom. The van der Waals surface area contributed by atoms with Gasteiger partial charge < -0.3 is 5.73 Å². The summed E-state index contributed by atoms with van der Waals surface area (Å²) in [6.45, 7) is 2.61. The number of sulfonamides is 1. The number of likely N-dealkylation sites (tertiary alicyclic amines) is 1. The van der Waals surface area contributed by atoms with E-state index >= 15 is 0 Å². The van der Waals surface area contributed by atoms with E-state index in [1.165, 1.54) is 22.6 Å². The van der Waals surface area contributed by atoms with Crippen LogP contribution in [0.1, 0.15) is 11.5 Å². The first-order valence-corrected chi connectivity index (χ1v) is 9.45. The van der Waals surface area contributed by atoms with Crippen LogP contribution in [0.25, 0.3) is 0 Å². The SMILES string of the molecule is Cl.Cn1cc(S(=O)(=O)NCCN2C[C@@H](N)[C@H](c3ccccc3)C2)cn1. The minimum Gasteiger partial charge on any atom is -0.326 e. The quantitative estimate of drug-likeness (QED) is 0.757. The zero-order chi connectivity index (χ0) is 17.2. The average Bonchev–Trinajstić information content (AvgIpc) is 3.14. The number of hydrogen-bond donors (Lipinski definition) is 2. The molecule has 2 aromatic rings. The molecule has 7 nitrogen and oxygen atoms in total. The number of hydrogen-bond acceptors (Lipinski definition) is 5. The van der Waals surface area contributed by atoms with Gasteiger partial charge in [-0.1, -0.05) is 30.3 Å². The minimum absolute atomic E-state index is 0. The van der Waals surface area contributed by atoms with Crippen molar-refractivity contribution in [2.45, 2.75) is 16.9 Å². The van der Waals surface area contributed by atoms with E-state index in [1.807, 2.05) is 18.2 Å². The van der Waals surface area contributed by atoms with Crippen molar-refractivity contribution in [3.8, 4) is 0 Å². The molecule has 0 aliphatic carbocycles. The molecule has 1 aliphatic rings. The first-order valence-electron chi connectivity index (χ1n) is 7.97. The number of nitrogens with two attached hydrogens (primary N) is 1. The van der Waals surface area contributed by atoms with E-state index in [0.29, 0.717) is 19.0 Å². The van der Waals surface area contributed by atoms with Gasteiger partial charge in [-0.15, -0.1) is 12.4 Å². The van der Waals surface area contributed by atoms with Gasteiger partial charge in [0.1, 0.15) is 4.90 Å². The molecule has 9 heteroatoms. The fourth-order valence-corrected chi connectivity index (χ4v) is 4.11. The van der Waals surface area contributed by atoms with Crippen LogP contribution < -0.4 is 10.5 Å². The number of aromatic nitrogens is 2. The van der Waals surface area contributed by atoms with E-state index in [0.717, 1.165) is 13.1 Å². The highest BCUT2D eigenvalue weighted by atomic mass is 35.5. The Hall–Kier alpha value is -1.45. The normalized spacial score (nSPS) is 21.2. The van der Waals surface area contributed by atoms with Crippen molar-refractivity contribution in [2.75, 3.05) is 26.2 Å². The fourth-order valence-electron chi connectivity index (χ4n) is 3.11. The van der Waals surface area contributed by atoms with Gasteiger partial charge in [-0.3, -0.25) is 9.58 Å². The third kappa shape index (κ3) is 4.80. The van der Waals surface area contributed by atoms with Gasteiger partial charge in [0.25, 0.3) is 0 Å². The molecule has 1 aromatic carbocycles. The van der Waals surface area contributed by atoms with Crippen molar-refractivity contribution >= 4 is 22.4 Å². The van der Waals surface area contributed by atoms with Crippen LogP contribution in [0.5, 0.6) is 0 Å². The Labute approximate surface area is 154 Å². The highest BCUT2D eigenvalue weighted by Crippen LogP contribution is 2.25. The highest BCUT2D eigenvalue weighted by molar-refractivity contribution is 7.89. The molecule has 0 spiro atoms. The van der Waals surface area contributed by atoms with Gasteiger partial charge in [-0.2, -0.15) is 5.10 Å². The number of benzene rings is 1. The molecule has 25 heavy (non-hydrogen) atoms. The molecule has 0 saturated carbocycles. The van der Waals surface area contributed by atoms with E-state index in [2.05, 4.69) is 26.9 Å². The fraction of sp³-hybridized carbons (Fsp3) is 0.438. The van der Waals surface area contributed by atoms with Crippen molar-refractivity contribution in [3.05, 3.63) is 48.3 Å². The maximum absolute atomic E-state index is 12.2. The third-order valence-electron chi connectivity index (χ3n) is 4.38. The lowest BCUT2D eigenvalue weighted by Crippen LogP contribution is -2.35. The minimum atomic E-state index is -3.50. The molecule has 0 amide bonds. The molecule has 2 heterocycles. The molecule has 3 N–H and O–H groups in total. The zero-order valence-corrected chi connectivity index (χ0v) is 15.7. The molecule has 3 rings (SSSR count). The average molecular weight is 386 g/mol. The Morgan fingerprint density at radius 3 is 2.64 bits per heavy atom. The van der Waals surface area contributed by atoms with Gasteiger partial charge in [-0.05, 0) is 5.56 Å². The molecular formula is C16H24ClN5O2S. The summed E-state index contributed by atoms with van der Waals surface area (Å²) in [5, 5.41) is 3.89. The van der Waals surface area contributed by atoms with Crippen LogP contribution >= 0.6 is 12.4 Å². The van der Waals surface area contributed by atoms with Crippen molar-refractivity contribution < 1.29 is 8.42 Å². The maximum Gasteiger partial charge on any atom is 0.243 e. The molecule has 1 aliphatic heterocycles. The van der Waals surface area contributed by atoms with Gasteiger partial charge in [-0.25, -0.2) is 13.1 Å². The molecule has 0 radical (unpaired) electrons. The topological polar surface area (TPSA) is 93.2 Å². The van der Waals surface area contributed by atoms with Gasteiger partial charge in [0, 0.05) is 51.4 Å². The lowest BCUT2D eigenvalue weighted by Gasteiger charge is -2.16. The number of nitrogens with zero attached hydrogens (tertiary/aromatic N) is 3. The monoisotopic (exact) mass is 385 g/mol. The number of aryl methyl sites for hydroxylation is 1. The Bertz CT molecular complexity index is 781. The van der Waals surface area contributed by atoms with Crippen molar-refractivity contribution in [1.29, 1.82) is 0 Å². The number of nitrogens with one attached hydrogen (secondary N) is 1. The van der Waals surface area contributed by atoms with Gasteiger partial charge >= 0.3 is 0 Å². The lowest BCUT2D eigenvalue weighted by molar-refractivity contribution is 0.336. The van der Waals surface area contributed by atoms with Crippen molar-refractivity contribution in [2.24, 2.45) is 12.8 Å². The number of rotatable bonds is 6. The molecule has 138 valence electrons. The van der Waals surface area contributed by atoms with Crippen LogP contribution in [0.2, 0.25) is 0 Å². The highest BCUT2D eigenvalue weighted by Gasteiger charge is 2.31. The summed E-state index contributed by atoms with van der Waals surface area (Å²) in [7, 11) is -1.81. The Morgan fingerprint density at radius 1 is 1.28 bits per heavy atom. The second-order valence-electron chi connectivity index (χ2n) is 6.19. The van der Waals surface area contributed by atoms with E-state index < -0.39 is 10.0 Å². The van der Waals surface area contributed by atoms with E-state index in [-0.39, 0.29) is 23.3 Å². The molecule has 1 aromatic heterocycles. The first kappa shape index (κ1) is 19.9. The summed E-state index contributed by atoms with van der Waals surface area (Å²) in [6, 6.07) is 10.3. The number of halogens is 1. The summed E-state index contributed by atoms with van der Waals surface area (Å²) in [5.74, 6) is 0.293. The summed E-state index contributed by atoms with van der Waals surface area (Å²) in [6.07, 6.45) is 2.83. The standard InChI is InChI=1S/C16H23N5O2S.ClH/c1-20-10-14(9-18-20)24(22,23)19-7-8-21-11-15(16(17)12-21)13-5-3-2-4-6-13;/h2-6,9-10,15-16,19H,7-8,11-12,17H2,1H3;1H/t15-,16+;/m0./s1. The molecule has 0 unspecified atom stereocenters. The second-order valence-corrected chi connectivity index (χ2v) is 7.96. The molecule has 0 bridgehead atoms. The van der Waals surface area contributed by atoms with Crippen molar-refractivity contribution in [1.82, 2.24) is 19.4 Å². The van der Waals surface area contributed by atoms with Gasteiger partial charge in [0.05, 0.1) is 6.20 Å². The van der Waals surface area contributed by atoms with E-state index in [9.17, 15) is 8.42 Å². The van der Waals surface area contributed by atoms with Crippen LogP contribution in [0.4, 0.5) is 0 Å². The van der Waals surface area contributed by atoms with Crippen LogP contribution in [-0.4, -0.2) is 55.3 Å². The maximum atomic E-state index is 12.2.